The Morgan fingerprint density at radius 1 is 1.19 bits per heavy atom. The summed E-state index contributed by atoms with van der Waals surface area (Å²) in [6.45, 7) is 6.71. The largest absolute Gasteiger partial charge is 0.478 e. The Morgan fingerprint density at radius 2 is 1.96 bits per heavy atom. The zero-order valence-corrected chi connectivity index (χ0v) is 16.6. The van der Waals surface area contributed by atoms with E-state index in [2.05, 4.69) is 38.3 Å². The smallest absolute Gasteiger partial charge is 0.336 e. The van der Waals surface area contributed by atoms with E-state index in [9.17, 15) is 9.90 Å². The van der Waals surface area contributed by atoms with E-state index < -0.39 is 5.97 Å². The van der Waals surface area contributed by atoms with Gasteiger partial charge in [0.05, 0.1) is 16.8 Å². The zero-order valence-electron chi connectivity index (χ0n) is 15.8. The highest BCUT2D eigenvalue weighted by Gasteiger charge is 2.35. The molecule has 0 amide bonds. The minimum absolute atomic E-state index is 0.0909. The number of nitrogens with zero attached hydrogens (tertiary/aromatic N) is 1. The fourth-order valence-corrected chi connectivity index (χ4v) is 4.61. The molecule has 3 aromatic rings. The van der Waals surface area contributed by atoms with Crippen LogP contribution >= 0.6 is 11.3 Å². The number of hydrogen-bond acceptors (Lipinski definition) is 3. The summed E-state index contributed by atoms with van der Waals surface area (Å²) >= 11 is 1.69. The summed E-state index contributed by atoms with van der Waals surface area (Å²) in [5.74, 6) is -0.493. The molecule has 138 valence electrons. The van der Waals surface area contributed by atoms with Crippen LogP contribution in [-0.4, -0.2) is 16.1 Å². The quantitative estimate of drug-likeness (QED) is 0.583. The van der Waals surface area contributed by atoms with Gasteiger partial charge in [-0.15, -0.1) is 11.3 Å². The first-order valence-corrected chi connectivity index (χ1v) is 10.1. The standard InChI is InChI=1S/C23H23NO2S/c1-23(2,3)15-11-14(12-16-7-6-10-27-16)21-18(13-15)20(22(25)26)17-8-4-5-9-19(17)24-21/h4-10,12,15H,11,13H2,1-3H3,(H,25,26)/b14-12+/t15-/m0/s1. The summed E-state index contributed by atoms with van der Waals surface area (Å²) < 4.78 is 0. The fourth-order valence-electron chi connectivity index (χ4n) is 3.93. The molecule has 4 heteroatoms. The Morgan fingerprint density at radius 3 is 2.63 bits per heavy atom. The summed E-state index contributed by atoms with van der Waals surface area (Å²) in [6, 6.07) is 11.7. The molecule has 1 N–H and O–H groups in total. The third kappa shape index (κ3) is 3.30. The highest BCUT2D eigenvalue weighted by Crippen LogP contribution is 2.44. The van der Waals surface area contributed by atoms with Crippen molar-refractivity contribution in [3.63, 3.8) is 0 Å². The number of carbonyl (C=O) groups is 1. The van der Waals surface area contributed by atoms with E-state index in [0.29, 0.717) is 11.5 Å². The Kier molecular flexibility index (Phi) is 4.39. The molecule has 0 fully saturated rings. The molecule has 0 unspecified atom stereocenters. The molecule has 0 spiro atoms. The van der Waals surface area contributed by atoms with E-state index in [4.69, 9.17) is 4.98 Å². The lowest BCUT2D eigenvalue weighted by molar-refractivity contribution is 0.0696. The Balaban J connectivity index is 2.01. The minimum Gasteiger partial charge on any atom is -0.478 e. The van der Waals surface area contributed by atoms with Crippen molar-refractivity contribution in [3.05, 3.63) is 63.5 Å². The van der Waals surface area contributed by atoms with Crippen molar-refractivity contribution < 1.29 is 9.90 Å². The molecule has 1 aromatic carbocycles. The third-order valence-corrected chi connectivity index (χ3v) is 6.33. The van der Waals surface area contributed by atoms with Crippen LogP contribution in [0.25, 0.3) is 22.6 Å². The number of allylic oxidation sites excluding steroid dienone is 1. The molecule has 4 rings (SSSR count). The summed E-state index contributed by atoms with van der Waals surface area (Å²) in [4.78, 5) is 18.3. The molecule has 0 bridgehead atoms. The van der Waals surface area contributed by atoms with Gasteiger partial charge in [-0.3, -0.25) is 0 Å². The van der Waals surface area contributed by atoms with E-state index in [-0.39, 0.29) is 5.41 Å². The van der Waals surface area contributed by atoms with Gasteiger partial charge < -0.3 is 5.11 Å². The maximum atomic E-state index is 12.2. The number of para-hydroxylation sites is 1. The maximum absolute atomic E-state index is 12.2. The molecule has 2 heterocycles. The molecule has 2 aromatic heterocycles. The van der Waals surface area contributed by atoms with E-state index >= 15 is 0 Å². The normalized spacial score (nSPS) is 18.6. The molecule has 0 saturated carbocycles. The molecule has 0 saturated heterocycles. The minimum atomic E-state index is -0.866. The Bertz CT molecular complexity index is 1040. The number of aromatic nitrogens is 1. The molecule has 0 radical (unpaired) electrons. The molecule has 1 aliphatic rings. The zero-order chi connectivity index (χ0) is 19.2. The Hall–Kier alpha value is -2.46. The van der Waals surface area contributed by atoms with E-state index in [0.717, 1.165) is 40.6 Å². The highest BCUT2D eigenvalue weighted by molar-refractivity contribution is 7.10. The van der Waals surface area contributed by atoms with Gasteiger partial charge in [0.25, 0.3) is 0 Å². The molecule has 27 heavy (non-hydrogen) atoms. The number of carboxylic acid groups (broad SMARTS) is 1. The van der Waals surface area contributed by atoms with E-state index in [1.807, 2.05) is 30.3 Å². The van der Waals surface area contributed by atoms with Crippen LogP contribution < -0.4 is 0 Å². The number of aromatic carboxylic acids is 1. The lowest BCUT2D eigenvalue weighted by Crippen LogP contribution is -2.28. The summed E-state index contributed by atoms with van der Waals surface area (Å²) in [5, 5.41) is 12.8. The predicted molar refractivity (Wildman–Crippen MR) is 112 cm³/mol. The van der Waals surface area contributed by atoms with Crippen LogP contribution in [-0.2, 0) is 6.42 Å². The van der Waals surface area contributed by atoms with Crippen LogP contribution in [0.4, 0.5) is 0 Å². The van der Waals surface area contributed by atoms with Crippen LogP contribution in [0.5, 0.6) is 0 Å². The van der Waals surface area contributed by atoms with Crippen molar-refractivity contribution in [1.82, 2.24) is 4.98 Å². The molecular formula is C23H23NO2S. The van der Waals surface area contributed by atoms with Gasteiger partial charge in [0.1, 0.15) is 0 Å². The highest BCUT2D eigenvalue weighted by atomic mass is 32.1. The van der Waals surface area contributed by atoms with Gasteiger partial charge in [0.2, 0.25) is 0 Å². The molecule has 1 aliphatic carbocycles. The Labute approximate surface area is 163 Å². The average Bonchev–Trinajstić information content (AvgIpc) is 3.11. The molecule has 3 nitrogen and oxygen atoms in total. The fraction of sp³-hybridized carbons (Fsp3) is 0.304. The van der Waals surface area contributed by atoms with Gasteiger partial charge >= 0.3 is 5.97 Å². The summed E-state index contributed by atoms with van der Waals surface area (Å²) in [7, 11) is 0. The second-order valence-corrected chi connectivity index (χ2v) is 9.27. The maximum Gasteiger partial charge on any atom is 0.336 e. The first-order valence-electron chi connectivity index (χ1n) is 9.24. The van der Waals surface area contributed by atoms with Crippen LogP contribution in [0.2, 0.25) is 0 Å². The van der Waals surface area contributed by atoms with Gasteiger partial charge in [-0.2, -0.15) is 0 Å². The van der Waals surface area contributed by atoms with E-state index in [1.54, 1.807) is 11.3 Å². The van der Waals surface area contributed by atoms with Gasteiger partial charge in [0, 0.05) is 10.3 Å². The molecular weight excluding hydrogens is 354 g/mol. The summed E-state index contributed by atoms with van der Waals surface area (Å²) in [6.07, 6.45) is 3.85. The number of carboxylic acids is 1. The van der Waals surface area contributed by atoms with Crippen LogP contribution in [0.15, 0.2) is 41.8 Å². The van der Waals surface area contributed by atoms with Crippen molar-refractivity contribution in [2.24, 2.45) is 11.3 Å². The van der Waals surface area contributed by atoms with Crippen molar-refractivity contribution in [3.8, 4) is 0 Å². The van der Waals surface area contributed by atoms with Crippen molar-refractivity contribution in [2.75, 3.05) is 0 Å². The van der Waals surface area contributed by atoms with Gasteiger partial charge in [-0.05, 0) is 58.9 Å². The van der Waals surface area contributed by atoms with E-state index in [1.165, 1.54) is 4.88 Å². The first kappa shape index (κ1) is 17.9. The number of hydrogen-bond donors (Lipinski definition) is 1. The third-order valence-electron chi connectivity index (χ3n) is 5.51. The number of rotatable bonds is 2. The SMILES string of the molecule is CC(C)(C)[C@H]1C/C(=C\c2cccs2)c2nc3ccccc3c(C(=O)O)c2C1. The number of thiophene rings is 1. The van der Waals surface area contributed by atoms with Crippen LogP contribution in [0.3, 0.4) is 0 Å². The number of fused-ring (bicyclic) bond motifs is 2. The van der Waals surface area contributed by atoms with Crippen molar-refractivity contribution in [2.45, 2.75) is 33.6 Å². The lowest BCUT2D eigenvalue weighted by atomic mass is 9.69. The summed E-state index contributed by atoms with van der Waals surface area (Å²) in [5.41, 5.74) is 4.15. The number of pyridine rings is 1. The topological polar surface area (TPSA) is 50.2 Å². The van der Waals surface area contributed by atoms with Crippen molar-refractivity contribution in [1.29, 1.82) is 0 Å². The van der Waals surface area contributed by atoms with Crippen LogP contribution in [0, 0.1) is 11.3 Å². The lowest BCUT2D eigenvalue weighted by Gasteiger charge is -2.36. The monoisotopic (exact) mass is 377 g/mol. The van der Waals surface area contributed by atoms with Gasteiger partial charge in [-0.1, -0.05) is 45.0 Å². The first-order chi connectivity index (χ1) is 12.8. The number of benzene rings is 1. The second-order valence-electron chi connectivity index (χ2n) is 8.29. The average molecular weight is 378 g/mol. The second kappa shape index (κ2) is 6.61. The van der Waals surface area contributed by atoms with Gasteiger partial charge in [0.15, 0.2) is 0 Å². The van der Waals surface area contributed by atoms with Gasteiger partial charge in [-0.25, -0.2) is 9.78 Å². The molecule has 1 atom stereocenters. The molecule has 0 aliphatic heterocycles. The van der Waals surface area contributed by atoms with Crippen LogP contribution in [0.1, 0.15) is 53.7 Å². The van der Waals surface area contributed by atoms with Crippen molar-refractivity contribution >= 4 is 39.9 Å². The predicted octanol–water partition coefficient (Wildman–Crippen LogP) is 6.14.